The number of hydrogen-bond acceptors (Lipinski definition) is 5. The van der Waals surface area contributed by atoms with Crippen molar-refractivity contribution in [3.63, 3.8) is 0 Å². The molecule has 8 heteroatoms. The lowest BCUT2D eigenvalue weighted by Crippen LogP contribution is -2.33. The standard InChI is InChI=1S/C8H16N4O2S2/c1-5(2)15-16-6(4-11-12-10)3-7(9)8(13)14/h5-7H,3-4,9H2,1-2H3,(H,13,14)/t6?,7-/m0/s1. The molecular formula is C8H16N4O2S2. The highest BCUT2D eigenvalue weighted by molar-refractivity contribution is 8.77. The number of nitrogens with zero attached hydrogens (tertiary/aromatic N) is 3. The Bertz CT molecular complexity index is 269. The van der Waals surface area contributed by atoms with Gasteiger partial charge in [-0.2, -0.15) is 0 Å². The summed E-state index contributed by atoms with van der Waals surface area (Å²) in [6, 6.07) is -0.904. The van der Waals surface area contributed by atoms with Crippen LogP contribution in [0.15, 0.2) is 5.11 Å². The fourth-order valence-electron chi connectivity index (χ4n) is 0.846. The molecule has 2 atom stereocenters. The van der Waals surface area contributed by atoms with Gasteiger partial charge in [-0.3, -0.25) is 4.79 Å². The van der Waals surface area contributed by atoms with Crippen molar-refractivity contribution in [1.82, 2.24) is 0 Å². The minimum Gasteiger partial charge on any atom is -0.480 e. The molecule has 0 amide bonds. The minimum absolute atomic E-state index is 0.0607. The van der Waals surface area contributed by atoms with Crippen molar-refractivity contribution < 1.29 is 9.90 Å². The number of carboxylic acids is 1. The maximum absolute atomic E-state index is 10.6. The Labute approximate surface area is 102 Å². The van der Waals surface area contributed by atoms with Gasteiger partial charge in [0.25, 0.3) is 0 Å². The van der Waals surface area contributed by atoms with Gasteiger partial charge in [0.1, 0.15) is 6.04 Å². The molecule has 0 fully saturated rings. The zero-order chi connectivity index (χ0) is 12.6. The van der Waals surface area contributed by atoms with Crippen molar-refractivity contribution in [2.24, 2.45) is 10.8 Å². The van der Waals surface area contributed by atoms with Crippen molar-refractivity contribution in [3.05, 3.63) is 10.4 Å². The SMILES string of the molecule is CC(C)SSC(CN=[N+]=[N-])C[C@H](N)C(=O)O. The van der Waals surface area contributed by atoms with E-state index in [-0.39, 0.29) is 11.8 Å². The Morgan fingerprint density at radius 3 is 2.62 bits per heavy atom. The Morgan fingerprint density at radius 2 is 2.19 bits per heavy atom. The Balaban J connectivity index is 4.18. The molecule has 0 saturated heterocycles. The van der Waals surface area contributed by atoms with Crippen LogP contribution in [-0.2, 0) is 4.79 Å². The molecule has 3 N–H and O–H groups in total. The van der Waals surface area contributed by atoms with E-state index in [1.165, 1.54) is 10.8 Å². The van der Waals surface area contributed by atoms with E-state index in [1.807, 2.05) is 13.8 Å². The maximum Gasteiger partial charge on any atom is 0.320 e. The zero-order valence-electron chi connectivity index (χ0n) is 9.24. The van der Waals surface area contributed by atoms with Gasteiger partial charge in [-0.05, 0) is 12.0 Å². The van der Waals surface area contributed by atoms with Gasteiger partial charge in [-0.25, -0.2) is 0 Å². The van der Waals surface area contributed by atoms with Gasteiger partial charge in [-0.15, -0.1) is 0 Å². The molecule has 0 aromatic rings. The molecule has 0 rings (SSSR count). The molecule has 0 heterocycles. The first-order valence-electron chi connectivity index (χ1n) is 4.78. The maximum atomic E-state index is 10.6. The molecule has 0 aromatic carbocycles. The normalized spacial score (nSPS) is 14.2. The first-order valence-corrected chi connectivity index (χ1v) is 7.06. The second-order valence-corrected chi connectivity index (χ2v) is 6.61. The molecule has 0 aliphatic rings. The smallest absolute Gasteiger partial charge is 0.320 e. The van der Waals surface area contributed by atoms with E-state index >= 15 is 0 Å². The Kier molecular flexibility index (Phi) is 8.28. The summed E-state index contributed by atoms with van der Waals surface area (Å²) >= 11 is 0. The van der Waals surface area contributed by atoms with Crippen LogP contribution >= 0.6 is 21.6 Å². The highest BCUT2D eigenvalue weighted by Gasteiger charge is 2.19. The van der Waals surface area contributed by atoms with E-state index in [0.29, 0.717) is 11.7 Å². The summed E-state index contributed by atoms with van der Waals surface area (Å²) in [6.45, 7) is 4.35. The second-order valence-electron chi connectivity index (χ2n) is 3.46. The third-order valence-corrected chi connectivity index (χ3v) is 4.98. The van der Waals surface area contributed by atoms with Crippen molar-refractivity contribution in [1.29, 1.82) is 0 Å². The fourth-order valence-corrected chi connectivity index (χ4v) is 3.19. The van der Waals surface area contributed by atoms with Gasteiger partial charge in [0.15, 0.2) is 0 Å². The van der Waals surface area contributed by atoms with Crippen molar-refractivity contribution in [2.75, 3.05) is 6.54 Å². The number of hydrogen-bond donors (Lipinski definition) is 2. The van der Waals surface area contributed by atoms with Gasteiger partial charge >= 0.3 is 5.97 Å². The predicted molar refractivity (Wildman–Crippen MR) is 68.3 cm³/mol. The molecule has 16 heavy (non-hydrogen) atoms. The van der Waals surface area contributed by atoms with Crippen LogP contribution in [0.2, 0.25) is 0 Å². The van der Waals surface area contributed by atoms with E-state index in [2.05, 4.69) is 10.0 Å². The summed E-state index contributed by atoms with van der Waals surface area (Å²) in [5, 5.41) is 12.5. The topological polar surface area (TPSA) is 112 Å². The van der Waals surface area contributed by atoms with Crippen LogP contribution in [0.3, 0.4) is 0 Å². The van der Waals surface area contributed by atoms with Crippen LogP contribution in [0, 0.1) is 0 Å². The van der Waals surface area contributed by atoms with Crippen LogP contribution in [0.5, 0.6) is 0 Å². The van der Waals surface area contributed by atoms with E-state index < -0.39 is 12.0 Å². The molecule has 0 saturated carbocycles. The summed E-state index contributed by atoms with van der Waals surface area (Å²) in [5.74, 6) is -1.03. The monoisotopic (exact) mass is 264 g/mol. The number of azide groups is 1. The van der Waals surface area contributed by atoms with Crippen LogP contribution in [0.25, 0.3) is 10.4 Å². The molecule has 6 nitrogen and oxygen atoms in total. The molecule has 0 aromatic heterocycles. The van der Waals surface area contributed by atoms with E-state index in [4.69, 9.17) is 16.4 Å². The van der Waals surface area contributed by atoms with Gasteiger partial charge in [0, 0.05) is 22.0 Å². The summed E-state index contributed by atoms with van der Waals surface area (Å²) < 4.78 is 0. The first-order chi connectivity index (χ1) is 7.47. The molecule has 92 valence electrons. The summed E-state index contributed by atoms with van der Waals surface area (Å²) in [7, 11) is 3.15. The summed E-state index contributed by atoms with van der Waals surface area (Å²) in [5.41, 5.74) is 13.7. The lowest BCUT2D eigenvalue weighted by molar-refractivity contribution is -0.138. The number of carbonyl (C=O) groups is 1. The van der Waals surface area contributed by atoms with Gasteiger partial charge in [0.2, 0.25) is 0 Å². The second kappa shape index (κ2) is 8.58. The highest BCUT2D eigenvalue weighted by Crippen LogP contribution is 2.33. The molecule has 0 radical (unpaired) electrons. The van der Waals surface area contributed by atoms with E-state index in [1.54, 1.807) is 10.8 Å². The first kappa shape index (κ1) is 15.4. The number of carboxylic acid groups (broad SMARTS) is 1. The van der Waals surface area contributed by atoms with Gasteiger partial charge < -0.3 is 10.8 Å². The number of aliphatic carboxylic acids is 1. The minimum atomic E-state index is -1.03. The summed E-state index contributed by atoms with van der Waals surface area (Å²) in [6.07, 6.45) is 0.304. The summed E-state index contributed by atoms with van der Waals surface area (Å²) in [4.78, 5) is 13.3. The van der Waals surface area contributed by atoms with E-state index in [9.17, 15) is 4.79 Å². The van der Waals surface area contributed by atoms with E-state index in [0.717, 1.165) is 0 Å². The number of rotatable bonds is 8. The largest absolute Gasteiger partial charge is 0.480 e. The third-order valence-electron chi connectivity index (χ3n) is 1.57. The van der Waals surface area contributed by atoms with Crippen molar-refractivity contribution in [2.45, 2.75) is 36.8 Å². The van der Waals surface area contributed by atoms with Gasteiger partial charge in [0.05, 0.1) is 0 Å². The molecule has 0 aliphatic heterocycles. The molecule has 0 spiro atoms. The lowest BCUT2D eigenvalue weighted by atomic mass is 10.2. The molecule has 1 unspecified atom stereocenters. The Morgan fingerprint density at radius 1 is 1.56 bits per heavy atom. The fraction of sp³-hybridized carbons (Fsp3) is 0.875. The molecular weight excluding hydrogens is 248 g/mol. The van der Waals surface area contributed by atoms with Crippen LogP contribution < -0.4 is 5.73 Å². The third kappa shape index (κ3) is 7.70. The van der Waals surface area contributed by atoms with Crippen LogP contribution in [-0.4, -0.2) is 34.2 Å². The quantitative estimate of drug-likeness (QED) is 0.302. The van der Waals surface area contributed by atoms with Crippen LogP contribution in [0.4, 0.5) is 0 Å². The highest BCUT2D eigenvalue weighted by atomic mass is 33.1. The molecule has 0 bridgehead atoms. The predicted octanol–water partition coefficient (Wildman–Crippen LogP) is 2.26. The van der Waals surface area contributed by atoms with Crippen LogP contribution in [0.1, 0.15) is 20.3 Å². The lowest BCUT2D eigenvalue weighted by Gasteiger charge is -2.16. The zero-order valence-corrected chi connectivity index (χ0v) is 10.9. The van der Waals surface area contributed by atoms with Crippen molar-refractivity contribution >= 4 is 27.6 Å². The average Bonchev–Trinajstić information content (AvgIpc) is 2.21. The molecule has 0 aliphatic carbocycles. The average molecular weight is 264 g/mol. The number of nitrogens with two attached hydrogens (primary N) is 1. The van der Waals surface area contributed by atoms with Gasteiger partial charge in [-0.1, -0.05) is 40.5 Å². The van der Waals surface area contributed by atoms with Crippen molar-refractivity contribution in [3.8, 4) is 0 Å². The Hall–Kier alpha value is -0.560.